The number of aromatic nitrogens is 2. The third-order valence-corrected chi connectivity index (χ3v) is 6.54. The molecule has 0 unspecified atom stereocenters. The molecule has 1 aliphatic rings. The molecule has 0 aliphatic heterocycles. The van der Waals surface area contributed by atoms with Gasteiger partial charge < -0.3 is 0 Å². The third kappa shape index (κ3) is 3.83. The van der Waals surface area contributed by atoms with Gasteiger partial charge in [0.1, 0.15) is 11.4 Å². The Bertz CT molecular complexity index is 1150. The van der Waals surface area contributed by atoms with Crippen molar-refractivity contribution in [1.82, 2.24) is 15.0 Å². The second-order valence-corrected chi connectivity index (χ2v) is 8.43. The highest BCUT2D eigenvalue weighted by Crippen LogP contribution is 2.33. The van der Waals surface area contributed by atoms with Gasteiger partial charge in [0, 0.05) is 4.88 Å². The number of nitrogens with zero attached hydrogens (tertiary/aromatic N) is 3. The van der Waals surface area contributed by atoms with E-state index in [1.165, 1.54) is 22.0 Å². The van der Waals surface area contributed by atoms with Crippen LogP contribution in [-0.2, 0) is 24.2 Å². The van der Waals surface area contributed by atoms with Gasteiger partial charge in [-0.25, -0.2) is 10.4 Å². The standard InChI is InChI=1S/C19H16Cl2N4O2S/c20-13-6-5-11(7-14(13)21)8-23-24-16(26)9-25-10-22-18-17(19(25)27)12-3-1-2-4-15(12)28-18/h5-8,10H,1-4,9H2,(H,24,26). The number of thiophene rings is 1. The summed E-state index contributed by atoms with van der Waals surface area (Å²) >= 11 is 13.4. The SMILES string of the molecule is O=C(Cn1cnc2sc3c(c2c1=O)CCCC3)NN=Cc1ccc(Cl)c(Cl)c1. The number of carbonyl (C=O) groups is 1. The molecule has 0 saturated heterocycles. The van der Waals surface area contributed by atoms with E-state index in [-0.39, 0.29) is 12.1 Å². The van der Waals surface area contributed by atoms with Gasteiger partial charge in [0.05, 0.1) is 28.0 Å². The smallest absolute Gasteiger partial charge is 0.262 e. The highest BCUT2D eigenvalue weighted by Gasteiger charge is 2.20. The van der Waals surface area contributed by atoms with Crippen molar-refractivity contribution in [2.75, 3.05) is 0 Å². The number of amides is 1. The number of hydrogen-bond donors (Lipinski definition) is 1. The first kappa shape index (κ1) is 19.1. The molecule has 1 amide bonds. The second-order valence-electron chi connectivity index (χ2n) is 6.54. The van der Waals surface area contributed by atoms with Crippen molar-refractivity contribution in [3.63, 3.8) is 0 Å². The number of aryl methyl sites for hydroxylation is 2. The van der Waals surface area contributed by atoms with Gasteiger partial charge in [0.2, 0.25) is 0 Å². The zero-order valence-electron chi connectivity index (χ0n) is 14.7. The average Bonchev–Trinajstić information content (AvgIpc) is 3.06. The van der Waals surface area contributed by atoms with Crippen LogP contribution in [0.2, 0.25) is 10.0 Å². The fourth-order valence-corrected chi connectivity index (χ4v) is 4.78. The molecule has 0 fully saturated rings. The van der Waals surface area contributed by atoms with Crippen molar-refractivity contribution in [3.8, 4) is 0 Å². The highest BCUT2D eigenvalue weighted by atomic mass is 35.5. The number of halogens is 2. The van der Waals surface area contributed by atoms with Crippen molar-refractivity contribution in [3.05, 3.63) is 60.9 Å². The van der Waals surface area contributed by atoms with E-state index < -0.39 is 5.91 Å². The first-order valence-electron chi connectivity index (χ1n) is 8.79. The molecule has 1 N–H and O–H groups in total. The van der Waals surface area contributed by atoms with Crippen LogP contribution in [0.25, 0.3) is 10.2 Å². The summed E-state index contributed by atoms with van der Waals surface area (Å²) in [5.74, 6) is -0.413. The minimum Gasteiger partial charge on any atom is -0.289 e. The van der Waals surface area contributed by atoms with E-state index in [1.54, 1.807) is 29.5 Å². The Hall–Kier alpha value is -2.22. The van der Waals surface area contributed by atoms with E-state index in [2.05, 4.69) is 15.5 Å². The Balaban J connectivity index is 1.49. The molecule has 0 spiro atoms. The number of carbonyl (C=O) groups excluding carboxylic acids is 1. The summed E-state index contributed by atoms with van der Waals surface area (Å²) in [6.07, 6.45) is 7.01. The lowest BCUT2D eigenvalue weighted by atomic mass is 9.97. The molecular formula is C19H16Cl2N4O2S. The average molecular weight is 435 g/mol. The van der Waals surface area contributed by atoms with Crippen LogP contribution in [0.3, 0.4) is 0 Å². The van der Waals surface area contributed by atoms with Crippen LogP contribution in [0.15, 0.2) is 34.4 Å². The molecule has 0 atom stereocenters. The van der Waals surface area contributed by atoms with E-state index in [1.807, 2.05) is 0 Å². The zero-order chi connectivity index (χ0) is 19.7. The van der Waals surface area contributed by atoms with Gasteiger partial charge in [0.25, 0.3) is 11.5 Å². The summed E-state index contributed by atoms with van der Waals surface area (Å²) in [5, 5.41) is 5.41. The van der Waals surface area contributed by atoms with Gasteiger partial charge in [-0.3, -0.25) is 14.2 Å². The first-order valence-corrected chi connectivity index (χ1v) is 10.4. The molecule has 0 bridgehead atoms. The van der Waals surface area contributed by atoms with Crippen LogP contribution in [0.1, 0.15) is 28.8 Å². The van der Waals surface area contributed by atoms with Crippen LogP contribution < -0.4 is 11.0 Å². The first-order chi connectivity index (χ1) is 13.5. The highest BCUT2D eigenvalue weighted by molar-refractivity contribution is 7.18. The fourth-order valence-electron chi connectivity index (χ4n) is 3.26. The Morgan fingerprint density at radius 3 is 2.93 bits per heavy atom. The largest absolute Gasteiger partial charge is 0.289 e. The third-order valence-electron chi connectivity index (χ3n) is 4.60. The molecule has 28 heavy (non-hydrogen) atoms. The van der Waals surface area contributed by atoms with Gasteiger partial charge in [-0.1, -0.05) is 29.3 Å². The molecule has 1 aromatic carbocycles. The Morgan fingerprint density at radius 2 is 2.11 bits per heavy atom. The van der Waals surface area contributed by atoms with Gasteiger partial charge in [0.15, 0.2) is 0 Å². The van der Waals surface area contributed by atoms with Crippen LogP contribution in [0.5, 0.6) is 0 Å². The fraction of sp³-hybridized carbons (Fsp3) is 0.263. The van der Waals surface area contributed by atoms with Crippen molar-refractivity contribution in [2.45, 2.75) is 32.2 Å². The Labute approximate surface area is 174 Å². The lowest BCUT2D eigenvalue weighted by molar-refractivity contribution is -0.121. The van der Waals surface area contributed by atoms with Crippen LogP contribution in [-0.4, -0.2) is 21.7 Å². The monoisotopic (exact) mass is 434 g/mol. The summed E-state index contributed by atoms with van der Waals surface area (Å²) < 4.78 is 1.33. The molecule has 2 heterocycles. The minimum absolute atomic E-state index is 0.148. The van der Waals surface area contributed by atoms with E-state index in [0.717, 1.165) is 36.1 Å². The van der Waals surface area contributed by atoms with Crippen molar-refractivity contribution in [2.24, 2.45) is 5.10 Å². The predicted octanol–water partition coefficient (Wildman–Crippen LogP) is 3.79. The van der Waals surface area contributed by atoms with Crippen LogP contribution in [0, 0.1) is 0 Å². The molecule has 3 aromatic rings. The normalized spacial score (nSPS) is 13.8. The topological polar surface area (TPSA) is 76.3 Å². The van der Waals surface area contributed by atoms with E-state index in [0.29, 0.717) is 21.0 Å². The van der Waals surface area contributed by atoms with E-state index in [9.17, 15) is 9.59 Å². The number of hydrogen-bond acceptors (Lipinski definition) is 5. The number of nitrogens with one attached hydrogen (secondary N) is 1. The van der Waals surface area contributed by atoms with Crippen molar-refractivity contribution >= 4 is 56.9 Å². The van der Waals surface area contributed by atoms with Crippen molar-refractivity contribution < 1.29 is 4.79 Å². The van der Waals surface area contributed by atoms with Gasteiger partial charge in [-0.05, 0) is 48.9 Å². The van der Waals surface area contributed by atoms with Gasteiger partial charge in [-0.15, -0.1) is 11.3 Å². The molecule has 144 valence electrons. The van der Waals surface area contributed by atoms with E-state index >= 15 is 0 Å². The summed E-state index contributed by atoms with van der Waals surface area (Å²) in [6, 6.07) is 5.02. The summed E-state index contributed by atoms with van der Waals surface area (Å²) in [7, 11) is 0. The van der Waals surface area contributed by atoms with Gasteiger partial charge in [-0.2, -0.15) is 5.10 Å². The molecule has 2 aromatic heterocycles. The van der Waals surface area contributed by atoms with Crippen LogP contribution in [0.4, 0.5) is 0 Å². The molecule has 1 aliphatic carbocycles. The second kappa shape index (κ2) is 8.03. The number of benzene rings is 1. The van der Waals surface area contributed by atoms with E-state index in [4.69, 9.17) is 23.2 Å². The lowest BCUT2D eigenvalue weighted by Crippen LogP contribution is -2.30. The zero-order valence-corrected chi connectivity index (χ0v) is 17.1. The van der Waals surface area contributed by atoms with Crippen LogP contribution >= 0.6 is 34.5 Å². The number of hydrazone groups is 1. The number of rotatable bonds is 4. The summed E-state index contributed by atoms with van der Waals surface area (Å²) in [4.78, 5) is 31.4. The molecule has 4 rings (SSSR count). The maximum Gasteiger partial charge on any atom is 0.262 e. The molecular weight excluding hydrogens is 419 g/mol. The molecule has 0 saturated carbocycles. The molecule has 6 nitrogen and oxygen atoms in total. The Kier molecular flexibility index (Phi) is 5.48. The molecule has 0 radical (unpaired) electrons. The predicted molar refractivity (Wildman–Crippen MR) is 113 cm³/mol. The maximum absolute atomic E-state index is 12.8. The summed E-state index contributed by atoms with van der Waals surface area (Å²) in [5.41, 5.74) is 4.04. The van der Waals surface area contributed by atoms with Gasteiger partial charge >= 0.3 is 0 Å². The summed E-state index contributed by atoms with van der Waals surface area (Å²) in [6.45, 7) is -0.148. The maximum atomic E-state index is 12.8. The Morgan fingerprint density at radius 1 is 1.29 bits per heavy atom. The number of fused-ring (bicyclic) bond motifs is 3. The minimum atomic E-state index is -0.413. The molecule has 9 heteroatoms. The lowest BCUT2D eigenvalue weighted by Gasteiger charge is -2.10. The quantitative estimate of drug-likeness (QED) is 0.501. The van der Waals surface area contributed by atoms with Crippen molar-refractivity contribution in [1.29, 1.82) is 0 Å².